The maximum atomic E-state index is 12.3. The third kappa shape index (κ3) is 3.78. The molecule has 0 aliphatic carbocycles. The fourth-order valence-corrected chi connectivity index (χ4v) is 2.25. The number of methoxy groups -OCH3 is 1. The molecule has 0 aromatic carbocycles. The topological polar surface area (TPSA) is 91.4 Å². The summed E-state index contributed by atoms with van der Waals surface area (Å²) in [5.41, 5.74) is 0. The van der Waals surface area contributed by atoms with Crippen molar-refractivity contribution in [1.82, 2.24) is 25.0 Å². The van der Waals surface area contributed by atoms with E-state index in [0.29, 0.717) is 26.2 Å². The van der Waals surface area contributed by atoms with Crippen LogP contribution in [0.15, 0.2) is 0 Å². The number of nitrogens with zero attached hydrogens (tertiary/aromatic N) is 4. The monoisotopic (exact) mass is 295 g/mol. The largest absolute Gasteiger partial charge is 0.375 e. The number of carbonyl (C=O) groups excluding carboxylic acids is 2. The lowest BCUT2D eigenvalue weighted by Crippen LogP contribution is -2.51. The maximum absolute atomic E-state index is 12.3. The van der Waals surface area contributed by atoms with E-state index >= 15 is 0 Å². The van der Waals surface area contributed by atoms with Crippen LogP contribution in [0.5, 0.6) is 0 Å². The molecule has 2 heterocycles. The number of piperazine rings is 1. The number of H-pyrrole nitrogens is 1. The van der Waals surface area contributed by atoms with Crippen molar-refractivity contribution >= 4 is 11.8 Å². The number of carbonyl (C=O) groups is 2. The van der Waals surface area contributed by atoms with Crippen molar-refractivity contribution in [1.29, 1.82) is 0 Å². The van der Waals surface area contributed by atoms with E-state index in [2.05, 4.69) is 15.2 Å². The fourth-order valence-electron chi connectivity index (χ4n) is 2.25. The summed E-state index contributed by atoms with van der Waals surface area (Å²) in [5, 5.41) is 6.75. The van der Waals surface area contributed by atoms with Crippen LogP contribution in [-0.4, -0.2) is 76.7 Å². The third-order valence-corrected chi connectivity index (χ3v) is 3.40. The first-order valence-corrected chi connectivity index (χ1v) is 7.13. The molecule has 2 amide bonds. The summed E-state index contributed by atoms with van der Waals surface area (Å²) in [4.78, 5) is 31.5. The summed E-state index contributed by atoms with van der Waals surface area (Å²) < 4.78 is 4.83. The van der Waals surface area contributed by atoms with Crippen molar-refractivity contribution in [2.45, 2.75) is 19.8 Å². The number of rotatable bonds is 5. The Balaban J connectivity index is 1.89. The van der Waals surface area contributed by atoms with Crippen molar-refractivity contribution in [3.63, 3.8) is 0 Å². The van der Waals surface area contributed by atoms with Gasteiger partial charge in [-0.05, 0) is 6.42 Å². The normalized spacial score (nSPS) is 15.3. The Bertz CT molecular complexity index is 494. The van der Waals surface area contributed by atoms with Crippen molar-refractivity contribution in [2.75, 3.05) is 39.9 Å². The van der Waals surface area contributed by atoms with Crippen LogP contribution in [0.1, 0.15) is 29.8 Å². The quantitative estimate of drug-likeness (QED) is 0.804. The van der Waals surface area contributed by atoms with E-state index in [0.717, 1.165) is 18.7 Å². The molecule has 1 saturated heterocycles. The van der Waals surface area contributed by atoms with Gasteiger partial charge in [-0.15, -0.1) is 5.10 Å². The number of ether oxygens (including phenoxy) is 1. The van der Waals surface area contributed by atoms with Gasteiger partial charge in [0, 0.05) is 39.7 Å². The Kier molecular flexibility index (Phi) is 5.26. The standard InChI is InChI=1S/C13H21N5O3/c1-3-4-10-14-12(16-15-10)13(20)18-7-5-17(6-8-18)11(19)9-21-2/h3-9H2,1-2H3,(H,14,15,16). The number of aromatic amines is 1. The zero-order valence-corrected chi connectivity index (χ0v) is 12.5. The Morgan fingerprint density at radius 2 is 1.90 bits per heavy atom. The summed E-state index contributed by atoms with van der Waals surface area (Å²) in [7, 11) is 1.49. The van der Waals surface area contributed by atoms with Crippen molar-refractivity contribution in [3.05, 3.63) is 11.6 Å². The van der Waals surface area contributed by atoms with Gasteiger partial charge >= 0.3 is 0 Å². The summed E-state index contributed by atoms with van der Waals surface area (Å²) in [6.45, 7) is 4.13. The summed E-state index contributed by atoms with van der Waals surface area (Å²) in [6.07, 6.45) is 1.72. The number of hydrogen-bond acceptors (Lipinski definition) is 5. The molecule has 0 radical (unpaired) electrons. The molecule has 1 N–H and O–H groups in total. The van der Waals surface area contributed by atoms with E-state index in [4.69, 9.17) is 4.74 Å². The predicted octanol–water partition coefficient (Wildman–Crippen LogP) is -0.312. The molecule has 21 heavy (non-hydrogen) atoms. The van der Waals surface area contributed by atoms with Crippen LogP contribution in [0.25, 0.3) is 0 Å². The van der Waals surface area contributed by atoms with Gasteiger partial charge in [0.05, 0.1) is 0 Å². The molecular formula is C13H21N5O3. The Morgan fingerprint density at radius 1 is 1.24 bits per heavy atom. The zero-order chi connectivity index (χ0) is 15.2. The summed E-state index contributed by atoms with van der Waals surface area (Å²) in [6, 6.07) is 0. The molecule has 1 fully saturated rings. The minimum atomic E-state index is -0.188. The Labute approximate surface area is 123 Å². The maximum Gasteiger partial charge on any atom is 0.293 e. The zero-order valence-electron chi connectivity index (χ0n) is 12.5. The average Bonchev–Trinajstić information content (AvgIpc) is 2.96. The van der Waals surface area contributed by atoms with Crippen LogP contribution in [0.3, 0.4) is 0 Å². The Hall–Kier alpha value is -1.96. The molecule has 2 rings (SSSR count). The van der Waals surface area contributed by atoms with Gasteiger partial charge in [-0.3, -0.25) is 14.7 Å². The molecule has 1 aliphatic heterocycles. The van der Waals surface area contributed by atoms with Gasteiger partial charge < -0.3 is 14.5 Å². The van der Waals surface area contributed by atoms with Crippen molar-refractivity contribution < 1.29 is 14.3 Å². The van der Waals surface area contributed by atoms with E-state index in [1.165, 1.54) is 7.11 Å². The van der Waals surface area contributed by atoms with Gasteiger partial charge in [-0.2, -0.15) is 0 Å². The number of amides is 2. The first kappa shape index (κ1) is 15.4. The molecule has 0 bridgehead atoms. The molecule has 1 aromatic rings. The molecule has 1 aromatic heterocycles. The molecule has 0 spiro atoms. The fraction of sp³-hybridized carbons (Fsp3) is 0.692. The lowest BCUT2D eigenvalue weighted by Gasteiger charge is -2.34. The minimum absolute atomic E-state index is 0.0484. The number of nitrogens with one attached hydrogen (secondary N) is 1. The SMILES string of the molecule is CCCc1nc(C(=O)N2CCN(C(=O)COC)CC2)n[nH]1. The van der Waals surface area contributed by atoms with Crippen molar-refractivity contribution in [3.8, 4) is 0 Å². The van der Waals surface area contributed by atoms with Crippen LogP contribution in [0, 0.1) is 0 Å². The highest BCUT2D eigenvalue weighted by Crippen LogP contribution is 2.07. The third-order valence-electron chi connectivity index (χ3n) is 3.40. The second-order valence-corrected chi connectivity index (χ2v) is 4.96. The van der Waals surface area contributed by atoms with Gasteiger partial charge in [-0.25, -0.2) is 4.98 Å². The smallest absolute Gasteiger partial charge is 0.293 e. The van der Waals surface area contributed by atoms with Crippen LogP contribution in [0.4, 0.5) is 0 Å². The molecule has 1 aliphatic rings. The second-order valence-electron chi connectivity index (χ2n) is 4.96. The number of aromatic nitrogens is 3. The van der Waals surface area contributed by atoms with Gasteiger partial charge in [0.2, 0.25) is 11.7 Å². The highest BCUT2D eigenvalue weighted by molar-refractivity contribution is 5.90. The predicted molar refractivity (Wildman–Crippen MR) is 74.7 cm³/mol. The lowest BCUT2D eigenvalue weighted by atomic mass is 10.3. The van der Waals surface area contributed by atoms with E-state index in [9.17, 15) is 9.59 Å². The van der Waals surface area contributed by atoms with Gasteiger partial charge in [0.15, 0.2) is 0 Å². The first-order chi connectivity index (χ1) is 10.2. The molecule has 8 heteroatoms. The van der Waals surface area contributed by atoms with E-state index in [1.54, 1.807) is 9.80 Å². The van der Waals surface area contributed by atoms with Crippen LogP contribution >= 0.6 is 0 Å². The van der Waals surface area contributed by atoms with E-state index in [-0.39, 0.29) is 24.2 Å². The molecule has 0 saturated carbocycles. The summed E-state index contributed by atoms with van der Waals surface area (Å²) >= 11 is 0. The first-order valence-electron chi connectivity index (χ1n) is 7.13. The second kappa shape index (κ2) is 7.16. The van der Waals surface area contributed by atoms with Crippen LogP contribution in [-0.2, 0) is 16.0 Å². The lowest BCUT2D eigenvalue weighted by molar-refractivity contribution is -0.136. The van der Waals surface area contributed by atoms with E-state index < -0.39 is 0 Å². The van der Waals surface area contributed by atoms with Gasteiger partial charge in [-0.1, -0.05) is 6.92 Å². The molecule has 8 nitrogen and oxygen atoms in total. The molecular weight excluding hydrogens is 274 g/mol. The van der Waals surface area contributed by atoms with Gasteiger partial charge in [0.25, 0.3) is 5.91 Å². The highest BCUT2D eigenvalue weighted by Gasteiger charge is 2.26. The molecule has 116 valence electrons. The van der Waals surface area contributed by atoms with Crippen LogP contribution in [0.2, 0.25) is 0 Å². The average molecular weight is 295 g/mol. The molecule has 0 unspecified atom stereocenters. The van der Waals surface area contributed by atoms with Crippen LogP contribution < -0.4 is 0 Å². The Morgan fingerprint density at radius 3 is 2.52 bits per heavy atom. The van der Waals surface area contributed by atoms with E-state index in [1.807, 2.05) is 6.92 Å². The van der Waals surface area contributed by atoms with Crippen molar-refractivity contribution in [2.24, 2.45) is 0 Å². The number of hydrogen-bond donors (Lipinski definition) is 1. The molecule has 0 atom stereocenters. The van der Waals surface area contributed by atoms with Gasteiger partial charge in [0.1, 0.15) is 12.4 Å². The minimum Gasteiger partial charge on any atom is -0.375 e. The number of aryl methyl sites for hydroxylation is 1. The highest BCUT2D eigenvalue weighted by atomic mass is 16.5. The summed E-state index contributed by atoms with van der Waals surface area (Å²) in [5.74, 6) is 0.699.